The first-order valence-corrected chi connectivity index (χ1v) is 6.30. The lowest BCUT2D eigenvalue weighted by atomic mass is 9.81. The number of nitro benzene ring substituents is 1. The second-order valence-corrected chi connectivity index (χ2v) is 5.82. The minimum atomic E-state index is -0.395. The van der Waals surface area contributed by atoms with Crippen LogP contribution in [0.25, 0.3) is 0 Å². The summed E-state index contributed by atoms with van der Waals surface area (Å²) in [6.07, 6.45) is 0.508. The van der Waals surface area contributed by atoms with Crippen molar-refractivity contribution in [2.75, 3.05) is 0 Å². The summed E-state index contributed by atoms with van der Waals surface area (Å²) in [4.78, 5) is 10.3. The number of nitro groups is 1. The van der Waals surface area contributed by atoms with Crippen molar-refractivity contribution in [2.45, 2.75) is 45.2 Å². The first-order chi connectivity index (χ1) is 8.71. The van der Waals surface area contributed by atoms with E-state index in [2.05, 4.69) is 0 Å². The predicted octanol–water partition coefficient (Wildman–Crippen LogP) is 2.77. The summed E-state index contributed by atoms with van der Waals surface area (Å²) in [6, 6.07) is 6.57. The molecule has 0 spiro atoms. The second-order valence-electron chi connectivity index (χ2n) is 5.82. The maximum absolute atomic E-state index is 10.7. The van der Waals surface area contributed by atoms with Crippen molar-refractivity contribution in [2.24, 2.45) is 0 Å². The summed E-state index contributed by atoms with van der Waals surface area (Å²) < 4.78 is 11.8. The molecule has 5 nitrogen and oxygen atoms in total. The number of non-ortho nitro benzene ring substituents is 1. The summed E-state index contributed by atoms with van der Waals surface area (Å²) in [6.45, 7) is 7.95. The lowest BCUT2D eigenvalue weighted by molar-refractivity contribution is -0.384. The van der Waals surface area contributed by atoms with Crippen LogP contribution in [0.5, 0.6) is 0 Å². The number of nitrogens with zero attached hydrogens (tertiary/aromatic N) is 1. The molecule has 0 atom stereocenters. The minimum absolute atomic E-state index is 0.0917. The van der Waals surface area contributed by atoms with Gasteiger partial charge >= 0.3 is 7.12 Å². The molecule has 2 rings (SSSR count). The van der Waals surface area contributed by atoms with Gasteiger partial charge in [-0.25, -0.2) is 0 Å². The second kappa shape index (κ2) is 4.61. The van der Waals surface area contributed by atoms with Crippen molar-refractivity contribution >= 4 is 12.8 Å². The van der Waals surface area contributed by atoms with Gasteiger partial charge in [0.1, 0.15) is 0 Å². The highest BCUT2D eigenvalue weighted by Crippen LogP contribution is 2.37. The first-order valence-electron chi connectivity index (χ1n) is 6.30. The molecule has 102 valence electrons. The normalized spacial score (nSPS) is 20.5. The van der Waals surface area contributed by atoms with Gasteiger partial charge in [-0.15, -0.1) is 0 Å². The van der Waals surface area contributed by atoms with E-state index in [9.17, 15) is 10.1 Å². The fraction of sp³-hybridized carbons (Fsp3) is 0.538. The lowest BCUT2D eigenvalue weighted by Crippen LogP contribution is -2.41. The number of hydrogen-bond donors (Lipinski definition) is 0. The molecule has 0 N–H and O–H groups in total. The maximum Gasteiger partial charge on any atom is 0.462 e. The first kappa shape index (κ1) is 14.0. The van der Waals surface area contributed by atoms with Crippen LogP contribution >= 0.6 is 0 Å². The average Bonchev–Trinajstić information content (AvgIpc) is 2.47. The van der Waals surface area contributed by atoms with E-state index in [0.717, 1.165) is 5.56 Å². The molecule has 0 radical (unpaired) electrons. The van der Waals surface area contributed by atoms with E-state index >= 15 is 0 Å². The molecule has 6 heteroatoms. The molecule has 0 bridgehead atoms. The lowest BCUT2D eigenvalue weighted by Gasteiger charge is -2.32. The summed E-state index contributed by atoms with van der Waals surface area (Å²) in [5.74, 6) is 0. The molecule has 1 aliphatic heterocycles. The summed E-state index contributed by atoms with van der Waals surface area (Å²) in [5, 5.41) is 10.7. The van der Waals surface area contributed by atoms with Gasteiger partial charge in [0.15, 0.2) is 0 Å². The Balaban J connectivity index is 2.11. The van der Waals surface area contributed by atoms with E-state index in [1.54, 1.807) is 12.1 Å². The Bertz CT molecular complexity index is 485. The molecule has 1 heterocycles. The molecule has 0 aromatic heterocycles. The quantitative estimate of drug-likeness (QED) is 0.478. The zero-order chi connectivity index (χ0) is 14.3. The van der Waals surface area contributed by atoms with Gasteiger partial charge in [0.25, 0.3) is 5.69 Å². The largest absolute Gasteiger partial charge is 0.462 e. The third-order valence-electron chi connectivity index (χ3n) is 3.83. The molecule has 0 amide bonds. The Labute approximate surface area is 113 Å². The van der Waals surface area contributed by atoms with Crippen molar-refractivity contribution in [1.82, 2.24) is 0 Å². The Morgan fingerprint density at radius 3 is 2.32 bits per heavy atom. The zero-order valence-electron chi connectivity index (χ0n) is 11.7. The third-order valence-corrected chi connectivity index (χ3v) is 3.83. The average molecular weight is 263 g/mol. The fourth-order valence-corrected chi connectivity index (χ4v) is 2.04. The molecule has 0 saturated carbocycles. The van der Waals surface area contributed by atoms with Gasteiger partial charge < -0.3 is 9.31 Å². The Morgan fingerprint density at radius 2 is 1.79 bits per heavy atom. The van der Waals surface area contributed by atoms with Crippen molar-refractivity contribution < 1.29 is 14.2 Å². The smallest absolute Gasteiger partial charge is 0.403 e. The zero-order valence-corrected chi connectivity index (χ0v) is 11.7. The number of rotatable bonds is 3. The van der Waals surface area contributed by atoms with Crippen LogP contribution in [0.2, 0.25) is 0 Å². The molecular weight excluding hydrogens is 245 g/mol. The predicted molar refractivity (Wildman–Crippen MR) is 72.9 cm³/mol. The van der Waals surface area contributed by atoms with Gasteiger partial charge in [-0.2, -0.15) is 0 Å². The topological polar surface area (TPSA) is 61.6 Å². The highest BCUT2D eigenvalue weighted by atomic mass is 16.7. The standard InChI is InChI=1S/C13H18BNO4/c1-12(2)13(3,4)19-14(18-12)9-10-6-5-7-11(8-10)15(16)17/h5-8H,9H2,1-4H3. The van der Waals surface area contributed by atoms with Gasteiger partial charge in [-0.1, -0.05) is 12.1 Å². The van der Waals surface area contributed by atoms with Gasteiger partial charge in [0, 0.05) is 18.5 Å². The summed E-state index contributed by atoms with van der Waals surface area (Å²) >= 11 is 0. The molecular formula is C13H18BNO4. The highest BCUT2D eigenvalue weighted by molar-refractivity contribution is 6.45. The molecule has 1 aromatic carbocycles. The summed E-state index contributed by atoms with van der Waals surface area (Å²) in [5.41, 5.74) is 0.179. The van der Waals surface area contributed by atoms with Crippen LogP contribution < -0.4 is 0 Å². The molecule has 0 aliphatic carbocycles. The van der Waals surface area contributed by atoms with Gasteiger partial charge in [-0.3, -0.25) is 10.1 Å². The molecule has 1 fully saturated rings. The fourth-order valence-electron chi connectivity index (χ4n) is 2.04. The van der Waals surface area contributed by atoms with Crippen LogP contribution in [0.4, 0.5) is 5.69 Å². The molecule has 1 saturated heterocycles. The van der Waals surface area contributed by atoms with Gasteiger partial charge in [0.2, 0.25) is 0 Å². The number of benzene rings is 1. The van der Waals surface area contributed by atoms with E-state index in [0.29, 0.717) is 6.32 Å². The Kier molecular flexibility index (Phi) is 3.41. The van der Waals surface area contributed by atoms with E-state index in [1.165, 1.54) is 6.07 Å². The van der Waals surface area contributed by atoms with Crippen molar-refractivity contribution in [1.29, 1.82) is 0 Å². The SMILES string of the molecule is CC1(C)OB(Cc2cccc([N+](=O)[O-])c2)OC1(C)C. The van der Waals surface area contributed by atoms with E-state index in [-0.39, 0.29) is 24.0 Å². The van der Waals surface area contributed by atoms with E-state index < -0.39 is 4.92 Å². The number of hydrogen-bond acceptors (Lipinski definition) is 4. The van der Waals surface area contributed by atoms with Crippen LogP contribution in [-0.2, 0) is 15.6 Å². The van der Waals surface area contributed by atoms with Crippen molar-refractivity contribution in [3.8, 4) is 0 Å². The van der Waals surface area contributed by atoms with Gasteiger partial charge in [-0.05, 0) is 33.3 Å². The van der Waals surface area contributed by atoms with Gasteiger partial charge in [0.05, 0.1) is 16.1 Å². The third kappa shape index (κ3) is 2.79. The summed E-state index contributed by atoms with van der Waals surface area (Å²) in [7, 11) is -0.369. The molecule has 1 aliphatic rings. The van der Waals surface area contributed by atoms with Crippen LogP contribution in [0.15, 0.2) is 24.3 Å². The van der Waals surface area contributed by atoms with Crippen molar-refractivity contribution in [3.63, 3.8) is 0 Å². The van der Waals surface area contributed by atoms with Crippen LogP contribution in [0.1, 0.15) is 33.3 Å². The van der Waals surface area contributed by atoms with Crippen LogP contribution in [0.3, 0.4) is 0 Å². The molecule has 19 heavy (non-hydrogen) atoms. The Hall–Kier alpha value is -1.40. The highest BCUT2D eigenvalue weighted by Gasteiger charge is 2.50. The van der Waals surface area contributed by atoms with E-state index in [4.69, 9.17) is 9.31 Å². The molecule has 0 unspecified atom stereocenters. The van der Waals surface area contributed by atoms with Crippen LogP contribution in [-0.4, -0.2) is 23.2 Å². The minimum Gasteiger partial charge on any atom is -0.403 e. The maximum atomic E-state index is 10.7. The molecule has 1 aromatic rings. The van der Waals surface area contributed by atoms with E-state index in [1.807, 2.05) is 33.8 Å². The van der Waals surface area contributed by atoms with Crippen LogP contribution in [0, 0.1) is 10.1 Å². The Morgan fingerprint density at radius 1 is 1.21 bits per heavy atom. The monoisotopic (exact) mass is 263 g/mol. The van der Waals surface area contributed by atoms with Crippen molar-refractivity contribution in [3.05, 3.63) is 39.9 Å².